The second kappa shape index (κ2) is 8.49. The number of hydrogen-bond acceptors (Lipinski definition) is 3. The summed E-state index contributed by atoms with van der Waals surface area (Å²) in [6, 6.07) is 4.64. The summed E-state index contributed by atoms with van der Waals surface area (Å²) in [5, 5.41) is 4.61. The molecule has 1 N–H and O–H groups in total. The molecule has 2 nitrogen and oxygen atoms in total. The lowest BCUT2D eigenvalue weighted by molar-refractivity contribution is 0.578. The van der Waals surface area contributed by atoms with E-state index in [2.05, 4.69) is 57.1 Å². The van der Waals surface area contributed by atoms with Crippen molar-refractivity contribution >= 4 is 16.5 Å². The van der Waals surface area contributed by atoms with Gasteiger partial charge in [-0.2, -0.15) is 0 Å². The zero-order valence-corrected chi connectivity index (χ0v) is 16.0. The van der Waals surface area contributed by atoms with Crippen LogP contribution in [0.1, 0.15) is 65.7 Å². The molecule has 0 bridgehead atoms. The van der Waals surface area contributed by atoms with Gasteiger partial charge < -0.3 is 5.32 Å². The van der Waals surface area contributed by atoms with E-state index < -0.39 is 0 Å². The van der Waals surface area contributed by atoms with Gasteiger partial charge in [-0.1, -0.05) is 43.9 Å². The van der Waals surface area contributed by atoms with Gasteiger partial charge in [0.2, 0.25) is 0 Å². The van der Waals surface area contributed by atoms with E-state index in [1.54, 1.807) is 11.3 Å². The van der Waals surface area contributed by atoms with E-state index in [9.17, 15) is 0 Å². The Hall–Kier alpha value is -1.35. The number of benzene rings is 1. The molecule has 3 heteroatoms. The molecule has 1 atom stereocenters. The van der Waals surface area contributed by atoms with Gasteiger partial charge in [-0.3, -0.25) is 0 Å². The van der Waals surface area contributed by atoms with E-state index in [4.69, 9.17) is 0 Å². The third-order valence-corrected chi connectivity index (χ3v) is 5.29. The van der Waals surface area contributed by atoms with Crippen LogP contribution in [0.4, 0.5) is 5.13 Å². The van der Waals surface area contributed by atoms with Crippen LogP contribution in [0.3, 0.4) is 0 Å². The molecule has 0 aliphatic rings. The number of thiazole rings is 1. The fourth-order valence-electron chi connectivity index (χ4n) is 3.47. The molecule has 0 radical (unpaired) electrons. The number of rotatable bonds is 8. The molecular weight excluding hydrogens is 300 g/mol. The molecule has 23 heavy (non-hydrogen) atoms. The lowest BCUT2D eigenvalue weighted by Crippen LogP contribution is -2.15. The standard InChI is InChI=1S/C20H30N2S/c1-6-7-8-9-18(13-22-20-21-12-17(5)23-20)19-15(3)10-14(2)11-16(19)4/h10-12,18H,6-9,13H2,1-5H3,(H,21,22). The molecule has 2 rings (SSSR count). The number of nitrogens with zero attached hydrogens (tertiary/aromatic N) is 1. The Morgan fingerprint density at radius 3 is 2.35 bits per heavy atom. The Bertz CT molecular complexity index is 607. The van der Waals surface area contributed by atoms with Gasteiger partial charge >= 0.3 is 0 Å². The third-order valence-electron chi connectivity index (χ3n) is 4.42. The summed E-state index contributed by atoms with van der Waals surface area (Å²) >= 11 is 1.74. The summed E-state index contributed by atoms with van der Waals surface area (Å²) in [5.41, 5.74) is 5.76. The van der Waals surface area contributed by atoms with Gasteiger partial charge in [0.05, 0.1) is 0 Å². The molecule has 1 heterocycles. The minimum Gasteiger partial charge on any atom is -0.361 e. The molecule has 0 fully saturated rings. The number of anilines is 1. The highest BCUT2D eigenvalue weighted by Gasteiger charge is 2.17. The van der Waals surface area contributed by atoms with Crippen molar-refractivity contribution in [1.29, 1.82) is 0 Å². The molecule has 0 aliphatic heterocycles. The predicted octanol–water partition coefficient (Wildman–Crippen LogP) is 6.15. The monoisotopic (exact) mass is 330 g/mol. The first-order valence-electron chi connectivity index (χ1n) is 8.75. The van der Waals surface area contributed by atoms with Crippen molar-refractivity contribution in [1.82, 2.24) is 4.98 Å². The molecule has 0 aliphatic carbocycles. The Kier molecular flexibility index (Phi) is 6.64. The van der Waals surface area contributed by atoms with Gasteiger partial charge in [0.15, 0.2) is 5.13 Å². The number of nitrogens with one attached hydrogen (secondary N) is 1. The Balaban J connectivity index is 2.16. The van der Waals surface area contributed by atoms with Gasteiger partial charge in [0.25, 0.3) is 0 Å². The van der Waals surface area contributed by atoms with Crippen molar-refractivity contribution in [2.75, 3.05) is 11.9 Å². The molecule has 2 aromatic rings. The van der Waals surface area contributed by atoms with Crippen LogP contribution in [-0.4, -0.2) is 11.5 Å². The van der Waals surface area contributed by atoms with E-state index >= 15 is 0 Å². The van der Waals surface area contributed by atoms with Crippen LogP contribution < -0.4 is 5.32 Å². The van der Waals surface area contributed by atoms with Crippen molar-refractivity contribution < 1.29 is 0 Å². The SMILES string of the molecule is CCCCCC(CNc1ncc(C)s1)c1c(C)cc(C)cc1C. The minimum absolute atomic E-state index is 0.561. The van der Waals surface area contributed by atoms with E-state index in [-0.39, 0.29) is 0 Å². The van der Waals surface area contributed by atoms with Gasteiger partial charge in [-0.15, -0.1) is 11.3 Å². The topological polar surface area (TPSA) is 24.9 Å². The fourth-order valence-corrected chi connectivity index (χ4v) is 4.14. The second-order valence-electron chi connectivity index (χ2n) is 6.66. The zero-order valence-electron chi connectivity index (χ0n) is 15.2. The molecule has 0 saturated heterocycles. The maximum absolute atomic E-state index is 4.44. The highest BCUT2D eigenvalue weighted by molar-refractivity contribution is 7.15. The van der Waals surface area contributed by atoms with Crippen molar-refractivity contribution in [2.45, 2.75) is 66.2 Å². The molecule has 1 aromatic carbocycles. The van der Waals surface area contributed by atoms with Gasteiger partial charge in [0, 0.05) is 23.5 Å². The van der Waals surface area contributed by atoms with Crippen molar-refractivity contribution in [3.8, 4) is 0 Å². The molecule has 126 valence electrons. The van der Waals surface area contributed by atoms with Gasteiger partial charge in [-0.25, -0.2) is 4.98 Å². The normalized spacial score (nSPS) is 12.4. The van der Waals surface area contributed by atoms with Crippen molar-refractivity contribution in [3.05, 3.63) is 45.5 Å². The van der Waals surface area contributed by atoms with E-state index in [1.807, 2.05) is 6.20 Å². The van der Waals surface area contributed by atoms with Crippen LogP contribution in [0.5, 0.6) is 0 Å². The smallest absolute Gasteiger partial charge is 0.182 e. The lowest BCUT2D eigenvalue weighted by Gasteiger charge is -2.23. The van der Waals surface area contributed by atoms with Crippen molar-refractivity contribution in [3.63, 3.8) is 0 Å². The summed E-state index contributed by atoms with van der Waals surface area (Å²) in [7, 11) is 0. The summed E-state index contributed by atoms with van der Waals surface area (Å²) in [6.45, 7) is 12.1. The Morgan fingerprint density at radius 1 is 1.09 bits per heavy atom. The maximum Gasteiger partial charge on any atom is 0.182 e. The maximum atomic E-state index is 4.44. The van der Waals surface area contributed by atoms with Gasteiger partial charge in [0.1, 0.15) is 0 Å². The molecule has 1 aromatic heterocycles. The first-order valence-corrected chi connectivity index (χ1v) is 9.57. The predicted molar refractivity (Wildman–Crippen MR) is 103 cm³/mol. The zero-order chi connectivity index (χ0) is 16.8. The van der Waals surface area contributed by atoms with Crippen LogP contribution in [0, 0.1) is 27.7 Å². The molecule has 0 amide bonds. The number of hydrogen-bond donors (Lipinski definition) is 1. The van der Waals surface area contributed by atoms with Crippen LogP contribution in [0.25, 0.3) is 0 Å². The first-order chi connectivity index (χ1) is 11.0. The number of aryl methyl sites for hydroxylation is 4. The molecule has 1 unspecified atom stereocenters. The fraction of sp³-hybridized carbons (Fsp3) is 0.550. The third kappa shape index (κ3) is 5.07. The summed E-state index contributed by atoms with van der Waals surface area (Å²) < 4.78 is 0. The quantitative estimate of drug-likeness (QED) is 0.587. The average molecular weight is 331 g/mol. The Morgan fingerprint density at radius 2 is 1.78 bits per heavy atom. The first kappa shape index (κ1) is 18.0. The highest BCUT2D eigenvalue weighted by Crippen LogP contribution is 2.30. The number of unbranched alkanes of at least 4 members (excludes halogenated alkanes) is 2. The molecular formula is C20H30N2S. The van der Waals surface area contributed by atoms with Crippen LogP contribution in [-0.2, 0) is 0 Å². The Labute approximate surface area is 145 Å². The van der Waals surface area contributed by atoms with Crippen LogP contribution >= 0.6 is 11.3 Å². The molecule has 0 saturated carbocycles. The van der Waals surface area contributed by atoms with Crippen molar-refractivity contribution in [2.24, 2.45) is 0 Å². The minimum atomic E-state index is 0.561. The summed E-state index contributed by atoms with van der Waals surface area (Å²) in [4.78, 5) is 5.71. The average Bonchev–Trinajstić information content (AvgIpc) is 2.89. The molecule has 0 spiro atoms. The number of aromatic nitrogens is 1. The lowest BCUT2D eigenvalue weighted by atomic mass is 9.86. The summed E-state index contributed by atoms with van der Waals surface area (Å²) in [6.07, 6.45) is 7.08. The van der Waals surface area contributed by atoms with Gasteiger partial charge in [-0.05, 0) is 50.8 Å². The summed E-state index contributed by atoms with van der Waals surface area (Å²) in [5.74, 6) is 0.561. The van der Waals surface area contributed by atoms with E-state index in [1.165, 1.54) is 52.8 Å². The highest BCUT2D eigenvalue weighted by atomic mass is 32.1. The van der Waals surface area contributed by atoms with Crippen LogP contribution in [0.15, 0.2) is 18.3 Å². The van der Waals surface area contributed by atoms with Crippen LogP contribution in [0.2, 0.25) is 0 Å². The largest absolute Gasteiger partial charge is 0.361 e. The van der Waals surface area contributed by atoms with E-state index in [0.717, 1.165) is 11.7 Å². The van der Waals surface area contributed by atoms with E-state index in [0.29, 0.717) is 5.92 Å². The second-order valence-corrected chi connectivity index (χ2v) is 7.90.